The molecule has 1 aromatic carbocycles. The SMILES string of the molecule is Cc1cccc(CC2OCC(=O)N(C)C2C(=O)O)c1. The van der Waals surface area contributed by atoms with Crippen molar-refractivity contribution in [3.8, 4) is 0 Å². The maximum atomic E-state index is 11.5. The average molecular weight is 263 g/mol. The van der Waals surface area contributed by atoms with Gasteiger partial charge in [-0.2, -0.15) is 0 Å². The van der Waals surface area contributed by atoms with Crippen molar-refractivity contribution >= 4 is 11.9 Å². The van der Waals surface area contributed by atoms with Crippen molar-refractivity contribution in [3.63, 3.8) is 0 Å². The minimum atomic E-state index is -1.03. The Hall–Kier alpha value is -1.88. The molecule has 5 nitrogen and oxygen atoms in total. The van der Waals surface area contributed by atoms with Gasteiger partial charge in [-0.15, -0.1) is 0 Å². The summed E-state index contributed by atoms with van der Waals surface area (Å²) in [7, 11) is 1.51. The Labute approximate surface area is 111 Å². The zero-order valence-corrected chi connectivity index (χ0v) is 11.0. The van der Waals surface area contributed by atoms with Crippen LogP contribution in [0.4, 0.5) is 0 Å². The van der Waals surface area contributed by atoms with E-state index < -0.39 is 18.1 Å². The van der Waals surface area contributed by atoms with Crippen molar-refractivity contribution in [2.75, 3.05) is 13.7 Å². The number of carbonyl (C=O) groups excluding carboxylic acids is 1. The standard InChI is InChI=1S/C14H17NO4/c1-9-4-3-5-10(6-9)7-11-13(14(17)18)15(2)12(16)8-19-11/h3-6,11,13H,7-8H2,1-2H3,(H,17,18). The van der Waals surface area contributed by atoms with Gasteiger partial charge in [-0.05, 0) is 12.5 Å². The number of carboxylic acids is 1. The fourth-order valence-electron chi connectivity index (χ4n) is 2.34. The summed E-state index contributed by atoms with van der Waals surface area (Å²) >= 11 is 0. The van der Waals surface area contributed by atoms with Crippen LogP contribution < -0.4 is 0 Å². The number of carboxylic acid groups (broad SMARTS) is 1. The highest BCUT2D eigenvalue weighted by atomic mass is 16.5. The monoisotopic (exact) mass is 263 g/mol. The summed E-state index contributed by atoms with van der Waals surface area (Å²) in [5.41, 5.74) is 2.13. The van der Waals surface area contributed by atoms with E-state index in [2.05, 4.69) is 0 Å². The summed E-state index contributed by atoms with van der Waals surface area (Å²) < 4.78 is 5.41. The molecule has 1 amide bonds. The molecule has 1 fully saturated rings. The van der Waals surface area contributed by atoms with Crippen LogP contribution >= 0.6 is 0 Å². The van der Waals surface area contributed by atoms with Crippen molar-refractivity contribution in [3.05, 3.63) is 35.4 Å². The first-order valence-electron chi connectivity index (χ1n) is 6.14. The number of morpholine rings is 1. The van der Waals surface area contributed by atoms with Crippen molar-refractivity contribution < 1.29 is 19.4 Å². The van der Waals surface area contributed by atoms with Gasteiger partial charge in [0.25, 0.3) is 0 Å². The molecule has 0 bridgehead atoms. The molecule has 2 unspecified atom stereocenters. The van der Waals surface area contributed by atoms with Gasteiger partial charge in [0, 0.05) is 13.5 Å². The van der Waals surface area contributed by atoms with Crippen LogP contribution in [0.1, 0.15) is 11.1 Å². The molecule has 1 aromatic rings. The number of hydrogen-bond donors (Lipinski definition) is 1. The molecule has 0 aliphatic carbocycles. The first-order chi connectivity index (χ1) is 8.99. The van der Waals surface area contributed by atoms with Gasteiger partial charge in [0.1, 0.15) is 6.61 Å². The molecule has 102 valence electrons. The van der Waals surface area contributed by atoms with Gasteiger partial charge < -0.3 is 14.7 Å². The lowest BCUT2D eigenvalue weighted by atomic mass is 9.98. The van der Waals surface area contributed by atoms with Crippen molar-refractivity contribution in [2.45, 2.75) is 25.5 Å². The summed E-state index contributed by atoms with van der Waals surface area (Å²) in [6, 6.07) is 6.92. The summed E-state index contributed by atoms with van der Waals surface area (Å²) in [5, 5.41) is 9.26. The largest absolute Gasteiger partial charge is 0.480 e. The van der Waals surface area contributed by atoms with E-state index in [-0.39, 0.29) is 12.5 Å². The van der Waals surface area contributed by atoms with E-state index in [4.69, 9.17) is 4.74 Å². The molecular formula is C14H17NO4. The third kappa shape index (κ3) is 2.93. The summed E-state index contributed by atoms with van der Waals surface area (Å²) in [6.07, 6.45) is -0.0296. The third-order valence-corrected chi connectivity index (χ3v) is 3.36. The molecule has 1 heterocycles. The first kappa shape index (κ1) is 13.5. The second-order valence-corrected chi connectivity index (χ2v) is 4.83. The summed E-state index contributed by atoms with van der Waals surface area (Å²) in [4.78, 5) is 24.1. The Kier molecular flexibility index (Phi) is 3.85. The number of ether oxygens (including phenoxy) is 1. The molecular weight excluding hydrogens is 246 g/mol. The zero-order chi connectivity index (χ0) is 14.0. The molecule has 5 heteroatoms. The molecule has 2 atom stereocenters. The van der Waals surface area contributed by atoms with Crippen LogP contribution in [-0.2, 0) is 20.7 Å². The zero-order valence-electron chi connectivity index (χ0n) is 11.0. The maximum absolute atomic E-state index is 11.5. The van der Waals surface area contributed by atoms with Crippen molar-refractivity contribution in [2.24, 2.45) is 0 Å². The number of carbonyl (C=O) groups is 2. The van der Waals surface area contributed by atoms with Gasteiger partial charge in [0.2, 0.25) is 5.91 Å². The fourth-order valence-corrected chi connectivity index (χ4v) is 2.34. The van der Waals surface area contributed by atoms with E-state index in [1.165, 1.54) is 11.9 Å². The van der Waals surface area contributed by atoms with E-state index in [9.17, 15) is 14.7 Å². The number of benzene rings is 1. The van der Waals surface area contributed by atoms with Crippen LogP contribution in [0.5, 0.6) is 0 Å². The molecule has 1 N–H and O–H groups in total. The molecule has 2 rings (SSSR count). The van der Waals surface area contributed by atoms with E-state index in [0.29, 0.717) is 6.42 Å². The molecule has 0 saturated carbocycles. The number of rotatable bonds is 3. The Balaban J connectivity index is 2.18. The second kappa shape index (κ2) is 5.40. The van der Waals surface area contributed by atoms with Crippen LogP contribution in [0, 0.1) is 6.92 Å². The molecule has 1 saturated heterocycles. The van der Waals surface area contributed by atoms with Crippen LogP contribution in [0.25, 0.3) is 0 Å². The van der Waals surface area contributed by atoms with Crippen molar-refractivity contribution in [1.29, 1.82) is 0 Å². The predicted octanol–water partition coefficient (Wildman–Crippen LogP) is 0.848. The highest BCUT2D eigenvalue weighted by Gasteiger charge is 2.39. The lowest BCUT2D eigenvalue weighted by Gasteiger charge is -2.36. The Morgan fingerprint density at radius 3 is 2.89 bits per heavy atom. The van der Waals surface area contributed by atoms with Gasteiger partial charge in [0.15, 0.2) is 6.04 Å². The molecule has 0 radical (unpaired) electrons. The van der Waals surface area contributed by atoms with Crippen LogP contribution in [0.3, 0.4) is 0 Å². The average Bonchev–Trinajstić information content (AvgIpc) is 2.33. The van der Waals surface area contributed by atoms with E-state index >= 15 is 0 Å². The lowest BCUT2D eigenvalue weighted by Crippen LogP contribution is -2.57. The lowest BCUT2D eigenvalue weighted by molar-refractivity contribution is -0.169. The minimum absolute atomic E-state index is 0.0588. The first-order valence-corrected chi connectivity index (χ1v) is 6.14. The van der Waals surface area contributed by atoms with Gasteiger partial charge in [-0.3, -0.25) is 4.79 Å². The summed E-state index contributed by atoms with van der Waals surface area (Å²) in [5.74, 6) is -1.33. The minimum Gasteiger partial charge on any atom is -0.480 e. The second-order valence-electron chi connectivity index (χ2n) is 4.83. The summed E-state index contributed by atoms with van der Waals surface area (Å²) in [6.45, 7) is 1.92. The maximum Gasteiger partial charge on any atom is 0.329 e. The number of amides is 1. The normalized spacial score (nSPS) is 23.5. The van der Waals surface area contributed by atoms with E-state index in [1.807, 2.05) is 31.2 Å². The highest BCUT2D eigenvalue weighted by molar-refractivity contribution is 5.85. The highest BCUT2D eigenvalue weighted by Crippen LogP contribution is 2.19. The molecule has 0 spiro atoms. The van der Waals surface area contributed by atoms with Gasteiger partial charge >= 0.3 is 5.97 Å². The Morgan fingerprint density at radius 1 is 1.53 bits per heavy atom. The molecule has 0 aromatic heterocycles. The van der Waals surface area contributed by atoms with E-state index in [0.717, 1.165) is 11.1 Å². The number of aliphatic carboxylic acids is 1. The quantitative estimate of drug-likeness (QED) is 0.878. The topological polar surface area (TPSA) is 66.8 Å². The van der Waals surface area contributed by atoms with Gasteiger partial charge in [-0.25, -0.2) is 4.79 Å². The Bertz CT molecular complexity index is 500. The fraction of sp³-hybridized carbons (Fsp3) is 0.429. The van der Waals surface area contributed by atoms with Gasteiger partial charge in [-0.1, -0.05) is 29.8 Å². The third-order valence-electron chi connectivity index (χ3n) is 3.36. The predicted molar refractivity (Wildman–Crippen MR) is 68.8 cm³/mol. The number of likely N-dealkylation sites (N-methyl/N-ethyl adjacent to an activating group) is 1. The molecule has 1 aliphatic rings. The van der Waals surface area contributed by atoms with Crippen LogP contribution in [0.2, 0.25) is 0 Å². The smallest absolute Gasteiger partial charge is 0.329 e. The van der Waals surface area contributed by atoms with Crippen LogP contribution in [0.15, 0.2) is 24.3 Å². The number of aryl methyl sites for hydroxylation is 1. The molecule has 1 aliphatic heterocycles. The van der Waals surface area contributed by atoms with E-state index in [1.54, 1.807) is 0 Å². The van der Waals surface area contributed by atoms with Gasteiger partial charge in [0.05, 0.1) is 6.10 Å². The number of nitrogens with zero attached hydrogens (tertiary/aromatic N) is 1. The Morgan fingerprint density at radius 2 is 2.26 bits per heavy atom. The molecule has 19 heavy (non-hydrogen) atoms. The number of hydrogen-bond acceptors (Lipinski definition) is 3. The van der Waals surface area contributed by atoms with Crippen molar-refractivity contribution in [1.82, 2.24) is 4.90 Å². The van der Waals surface area contributed by atoms with Crippen LogP contribution in [-0.4, -0.2) is 47.7 Å².